The fraction of sp³-hybridized carbons (Fsp3) is 0.435. The molecule has 0 bridgehead atoms. The molecule has 2 aromatic rings. The monoisotopic (exact) mass is 483 g/mol. The first kappa shape index (κ1) is 26.6. The number of ketones is 1. The van der Waals surface area contributed by atoms with Gasteiger partial charge in [0.05, 0.1) is 10.8 Å². The van der Waals surface area contributed by atoms with Crippen molar-refractivity contribution in [3.05, 3.63) is 52.8 Å². The minimum absolute atomic E-state index is 0.139. The number of halogens is 1. The number of Topliss-reactive ketones (excluding diaryl/α,β-unsaturated/α-hetero) is 1. The van der Waals surface area contributed by atoms with Gasteiger partial charge in [-0.2, -0.15) is 0 Å². The standard InChI is InChI=1S/C23H30FNO7S/c1-4-5-18-20(9-7-17(14(2)26)23(18)28)31-12-16(27)13-32-21-8-6-15(10-19(21)24)22(11-25)33(3,29)30/h6-10,16,22,27-28H,4-5,11-13,25H2,1-3H3. The van der Waals surface area contributed by atoms with Crippen molar-refractivity contribution in [2.75, 3.05) is 26.0 Å². The van der Waals surface area contributed by atoms with Crippen molar-refractivity contribution in [2.45, 2.75) is 38.0 Å². The summed E-state index contributed by atoms with van der Waals surface area (Å²) in [7, 11) is -3.50. The van der Waals surface area contributed by atoms with E-state index in [1.165, 1.54) is 25.1 Å². The molecule has 0 fully saturated rings. The fourth-order valence-corrected chi connectivity index (χ4v) is 4.33. The molecule has 10 heteroatoms. The van der Waals surface area contributed by atoms with Crippen LogP contribution in [0.15, 0.2) is 30.3 Å². The van der Waals surface area contributed by atoms with Gasteiger partial charge in [0.25, 0.3) is 0 Å². The van der Waals surface area contributed by atoms with Crippen molar-refractivity contribution >= 4 is 15.6 Å². The second-order valence-corrected chi connectivity index (χ2v) is 9.99. The summed E-state index contributed by atoms with van der Waals surface area (Å²) in [6.45, 7) is 2.60. The summed E-state index contributed by atoms with van der Waals surface area (Å²) in [5.41, 5.74) is 6.39. The molecule has 8 nitrogen and oxygen atoms in total. The number of carbonyl (C=O) groups is 1. The number of rotatable bonds is 12. The first-order chi connectivity index (χ1) is 15.5. The first-order valence-corrected chi connectivity index (χ1v) is 12.4. The highest BCUT2D eigenvalue weighted by Crippen LogP contribution is 2.33. The van der Waals surface area contributed by atoms with Crippen LogP contribution in [-0.2, 0) is 16.3 Å². The van der Waals surface area contributed by atoms with Gasteiger partial charge in [-0.25, -0.2) is 12.8 Å². The lowest BCUT2D eigenvalue weighted by atomic mass is 10.0. The van der Waals surface area contributed by atoms with Gasteiger partial charge in [-0.1, -0.05) is 19.4 Å². The SMILES string of the molecule is CCCc1c(OCC(O)COc2ccc(C(CN)S(C)(=O)=O)cc2F)ccc(C(C)=O)c1O. The van der Waals surface area contributed by atoms with Crippen molar-refractivity contribution in [2.24, 2.45) is 5.73 Å². The van der Waals surface area contributed by atoms with Gasteiger partial charge in [-0.05, 0) is 43.2 Å². The lowest BCUT2D eigenvalue weighted by molar-refractivity contribution is 0.0608. The maximum Gasteiger partial charge on any atom is 0.165 e. The van der Waals surface area contributed by atoms with Gasteiger partial charge in [-0.3, -0.25) is 4.79 Å². The van der Waals surface area contributed by atoms with Crippen LogP contribution in [-0.4, -0.2) is 56.5 Å². The molecule has 0 aliphatic rings. The second kappa shape index (κ2) is 11.4. The number of ether oxygens (including phenoxy) is 2. The molecule has 182 valence electrons. The van der Waals surface area contributed by atoms with Crippen LogP contribution in [0.4, 0.5) is 4.39 Å². The average Bonchev–Trinajstić information content (AvgIpc) is 2.72. The third-order valence-electron chi connectivity index (χ3n) is 5.04. The van der Waals surface area contributed by atoms with E-state index in [-0.39, 0.29) is 48.2 Å². The topological polar surface area (TPSA) is 136 Å². The summed E-state index contributed by atoms with van der Waals surface area (Å²) >= 11 is 0. The minimum Gasteiger partial charge on any atom is -0.507 e. The minimum atomic E-state index is -3.50. The highest BCUT2D eigenvalue weighted by Gasteiger charge is 2.23. The molecule has 0 aliphatic heterocycles. The van der Waals surface area contributed by atoms with Crippen LogP contribution in [0.5, 0.6) is 17.2 Å². The largest absolute Gasteiger partial charge is 0.507 e. The molecule has 2 aromatic carbocycles. The molecule has 0 saturated carbocycles. The summed E-state index contributed by atoms with van der Waals surface area (Å²) in [5.74, 6) is -1.01. The smallest absolute Gasteiger partial charge is 0.165 e. The lowest BCUT2D eigenvalue weighted by Gasteiger charge is -2.18. The van der Waals surface area contributed by atoms with E-state index in [1.54, 1.807) is 6.07 Å². The summed E-state index contributed by atoms with van der Waals surface area (Å²) in [5, 5.41) is 19.5. The van der Waals surface area contributed by atoms with Gasteiger partial charge in [0.1, 0.15) is 30.8 Å². The molecule has 0 heterocycles. The van der Waals surface area contributed by atoms with Gasteiger partial charge in [0, 0.05) is 18.4 Å². The van der Waals surface area contributed by atoms with Crippen molar-refractivity contribution in [1.29, 1.82) is 0 Å². The number of benzene rings is 2. The van der Waals surface area contributed by atoms with E-state index in [9.17, 15) is 27.8 Å². The summed E-state index contributed by atoms with van der Waals surface area (Å²) in [6.07, 6.45) is 1.09. The Morgan fingerprint density at radius 2 is 1.76 bits per heavy atom. The zero-order valence-electron chi connectivity index (χ0n) is 18.9. The quantitative estimate of drug-likeness (QED) is 0.392. The van der Waals surface area contributed by atoms with Crippen molar-refractivity contribution in [3.63, 3.8) is 0 Å². The van der Waals surface area contributed by atoms with Crippen LogP contribution >= 0.6 is 0 Å². The van der Waals surface area contributed by atoms with E-state index in [2.05, 4.69) is 0 Å². The van der Waals surface area contributed by atoms with E-state index < -0.39 is 27.0 Å². The molecule has 2 rings (SSSR count). The van der Waals surface area contributed by atoms with E-state index in [4.69, 9.17) is 15.2 Å². The number of hydrogen-bond donors (Lipinski definition) is 3. The van der Waals surface area contributed by atoms with Gasteiger partial charge < -0.3 is 25.4 Å². The number of sulfone groups is 1. The molecule has 0 saturated heterocycles. The van der Waals surface area contributed by atoms with Gasteiger partial charge in [0.15, 0.2) is 27.2 Å². The normalized spacial score (nSPS) is 13.4. The lowest BCUT2D eigenvalue weighted by Crippen LogP contribution is -2.25. The number of carbonyl (C=O) groups excluding carboxylic acids is 1. The summed E-state index contributed by atoms with van der Waals surface area (Å²) < 4.78 is 48.9. The third-order valence-corrected chi connectivity index (χ3v) is 6.54. The van der Waals surface area contributed by atoms with Gasteiger partial charge in [0.2, 0.25) is 0 Å². The van der Waals surface area contributed by atoms with Crippen molar-refractivity contribution in [1.82, 2.24) is 0 Å². The first-order valence-electron chi connectivity index (χ1n) is 10.5. The van der Waals surface area contributed by atoms with E-state index in [0.29, 0.717) is 24.2 Å². The molecule has 0 spiro atoms. The Hall–Kier alpha value is -2.69. The summed E-state index contributed by atoms with van der Waals surface area (Å²) in [4.78, 5) is 11.6. The fourth-order valence-electron chi connectivity index (χ4n) is 3.34. The van der Waals surface area contributed by atoms with E-state index in [1.807, 2.05) is 6.92 Å². The van der Waals surface area contributed by atoms with Crippen LogP contribution in [0.25, 0.3) is 0 Å². The molecule has 4 N–H and O–H groups in total. The number of aromatic hydroxyl groups is 1. The van der Waals surface area contributed by atoms with E-state index in [0.717, 1.165) is 12.3 Å². The zero-order valence-corrected chi connectivity index (χ0v) is 19.7. The van der Waals surface area contributed by atoms with Crippen molar-refractivity contribution in [3.8, 4) is 17.2 Å². The highest BCUT2D eigenvalue weighted by atomic mass is 32.2. The molecular formula is C23H30FNO7S. The molecule has 0 amide bonds. The third kappa shape index (κ3) is 6.89. The second-order valence-electron chi connectivity index (χ2n) is 7.76. The number of aliphatic hydroxyl groups excluding tert-OH is 1. The predicted octanol–water partition coefficient (Wildman–Crippen LogP) is 2.55. The Kier molecular flexibility index (Phi) is 9.21. The number of hydrogen-bond acceptors (Lipinski definition) is 8. The van der Waals surface area contributed by atoms with Crippen LogP contribution in [0.1, 0.15) is 47.0 Å². The number of nitrogens with two attached hydrogens (primary N) is 1. The maximum atomic E-state index is 14.4. The summed E-state index contributed by atoms with van der Waals surface area (Å²) in [6, 6.07) is 6.76. The highest BCUT2D eigenvalue weighted by molar-refractivity contribution is 7.91. The molecular weight excluding hydrogens is 453 g/mol. The molecule has 0 radical (unpaired) electrons. The average molecular weight is 484 g/mol. The molecule has 2 atom stereocenters. The van der Waals surface area contributed by atoms with Crippen LogP contribution in [0.2, 0.25) is 0 Å². The Morgan fingerprint density at radius 1 is 1.15 bits per heavy atom. The number of phenolic OH excluding ortho intramolecular Hbond substituents is 1. The Labute approximate surface area is 193 Å². The molecule has 2 unspecified atom stereocenters. The van der Waals surface area contributed by atoms with Crippen molar-refractivity contribution < 1.29 is 37.3 Å². The van der Waals surface area contributed by atoms with Crippen LogP contribution < -0.4 is 15.2 Å². The van der Waals surface area contributed by atoms with Crippen LogP contribution in [0, 0.1) is 5.82 Å². The Morgan fingerprint density at radius 3 is 2.27 bits per heavy atom. The number of phenols is 1. The number of aliphatic hydroxyl groups is 1. The van der Waals surface area contributed by atoms with Gasteiger partial charge >= 0.3 is 0 Å². The Bertz CT molecular complexity index is 1090. The molecule has 33 heavy (non-hydrogen) atoms. The molecule has 0 aliphatic carbocycles. The zero-order chi connectivity index (χ0) is 24.8. The maximum absolute atomic E-state index is 14.4. The van der Waals surface area contributed by atoms with E-state index >= 15 is 0 Å². The molecule has 0 aromatic heterocycles. The van der Waals surface area contributed by atoms with Crippen LogP contribution in [0.3, 0.4) is 0 Å². The Balaban J connectivity index is 2.03. The van der Waals surface area contributed by atoms with Gasteiger partial charge in [-0.15, -0.1) is 0 Å². The predicted molar refractivity (Wildman–Crippen MR) is 122 cm³/mol.